The van der Waals surface area contributed by atoms with Crippen LogP contribution >= 0.6 is 11.8 Å². The van der Waals surface area contributed by atoms with E-state index in [9.17, 15) is 0 Å². The molecule has 0 saturated carbocycles. The zero-order valence-corrected chi connectivity index (χ0v) is 11.9. The second-order valence-corrected chi connectivity index (χ2v) is 6.33. The van der Waals surface area contributed by atoms with E-state index in [-0.39, 0.29) is 0 Å². The van der Waals surface area contributed by atoms with Gasteiger partial charge in [0.05, 0.1) is 0 Å². The van der Waals surface area contributed by atoms with Crippen LogP contribution in [0.2, 0.25) is 0 Å². The van der Waals surface area contributed by atoms with Crippen molar-refractivity contribution in [3.63, 3.8) is 0 Å². The average Bonchev–Trinajstić information content (AvgIpc) is 2.73. The highest BCUT2D eigenvalue weighted by molar-refractivity contribution is 7.99. The molecular weight excluding hydrogens is 226 g/mol. The highest BCUT2D eigenvalue weighted by Crippen LogP contribution is 2.38. The summed E-state index contributed by atoms with van der Waals surface area (Å²) in [7, 11) is 2.09. The van der Waals surface area contributed by atoms with Crippen LogP contribution in [0.1, 0.15) is 37.4 Å². The fraction of sp³-hybridized carbons (Fsp3) is 0.600. The molecule has 0 aliphatic heterocycles. The van der Waals surface area contributed by atoms with Gasteiger partial charge in [0, 0.05) is 11.3 Å². The molecule has 1 nitrogen and oxygen atoms in total. The monoisotopic (exact) mass is 249 g/mol. The molecule has 0 fully saturated rings. The quantitative estimate of drug-likeness (QED) is 0.855. The van der Waals surface area contributed by atoms with Gasteiger partial charge < -0.3 is 5.32 Å². The van der Waals surface area contributed by atoms with Gasteiger partial charge in [-0.2, -0.15) is 11.8 Å². The third kappa shape index (κ3) is 2.86. The number of thioether (sulfide) groups is 1. The molecule has 1 aromatic carbocycles. The third-order valence-corrected chi connectivity index (χ3v) is 5.41. The van der Waals surface area contributed by atoms with Crippen molar-refractivity contribution in [2.24, 2.45) is 5.92 Å². The Balaban J connectivity index is 2.02. The molecule has 0 amide bonds. The Morgan fingerprint density at radius 1 is 1.41 bits per heavy atom. The van der Waals surface area contributed by atoms with Crippen LogP contribution in [0.4, 0.5) is 0 Å². The molecule has 2 heteroatoms. The number of benzene rings is 1. The summed E-state index contributed by atoms with van der Waals surface area (Å²) in [5.41, 5.74) is 3.05. The van der Waals surface area contributed by atoms with Gasteiger partial charge in [-0.25, -0.2) is 0 Å². The van der Waals surface area contributed by atoms with E-state index in [0.717, 1.165) is 5.92 Å². The minimum absolute atomic E-state index is 0.542. The lowest BCUT2D eigenvalue weighted by atomic mass is 10.1. The Morgan fingerprint density at radius 2 is 2.18 bits per heavy atom. The van der Waals surface area contributed by atoms with Crippen LogP contribution in [0.5, 0.6) is 0 Å². The van der Waals surface area contributed by atoms with Gasteiger partial charge in [-0.15, -0.1) is 0 Å². The fourth-order valence-corrected chi connectivity index (χ4v) is 4.04. The van der Waals surface area contributed by atoms with E-state index in [1.807, 2.05) is 0 Å². The number of hydrogen-bond donors (Lipinski definition) is 1. The maximum atomic E-state index is 3.49. The summed E-state index contributed by atoms with van der Waals surface area (Å²) in [6.07, 6.45) is 2.51. The summed E-state index contributed by atoms with van der Waals surface area (Å²) < 4.78 is 0. The molecule has 0 heterocycles. The maximum Gasteiger partial charge on any atom is 0.0444 e. The molecule has 1 aliphatic rings. The standard InChI is InChI=1S/C15H23NS/c1-4-11(2)10-17-14-9-12-7-5-6-8-13(12)15(14)16-3/h5-8,11,14-16H,4,9-10H2,1-3H3. The van der Waals surface area contributed by atoms with E-state index in [1.54, 1.807) is 0 Å². The molecule has 1 aromatic rings. The third-order valence-electron chi connectivity index (χ3n) is 3.79. The van der Waals surface area contributed by atoms with E-state index in [4.69, 9.17) is 0 Å². The first kappa shape index (κ1) is 13.0. The molecule has 0 saturated heterocycles. The fourth-order valence-electron chi connectivity index (χ4n) is 2.46. The van der Waals surface area contributed by atoms with Crippen LogP contribution in [0.25, 0.3) is 0 Å². The van der Waals surface area contributed by atoms with Gasteiger partial charge in [-0.3, -0.25) is 0 Å². The van der Waals surface area contributed by atoms with Gasteiger partial charge >= 0.3 is 0 Å². The van der Waals surface area contributed by atoms with Gasteiger partial charge in [-0.05, 0) is 36.3 Å². The molecule has 0 bridgehead atoms. The minimum atomic E-state index is 0.542. The Bertz CT molecular complexity index is 364. The molecule has 1 aliphatic carbocycles. The zero-order chi connectivity index (χ0) is 12.3. The minimum Gasteiger partial charge on any atom is -0.312 e. The van der Waals surface area contributed by atoms with E-state index < -0.39 is 0 Å². The van der Waals surface area contributed by atoms with Crippen molar-refractivity contribution < 1.29 is 0 Å². The first-order chi connectivity index (χ1) is 8.26. The Hall–Kier alpha value is -0.470. The van der Waals surface area contributed by atoms with Gasteiger partial charge in [0.25, 0.3) is 0 Å². The molecule has 2 rings (SSSR count). The number of nitrogens with one attached hydrogen (secondary N) is 1. The molecule has 0 spiro atoms. The second kappa shape index (κ2) is 5.92. The molecular formula is C15H23NS. The van der Waals surface area contributed by atoms with E-state index in [0.29, 0.717) is 11.3 Å². The number of hydrogen-bond acceptors (Lipinski definition) is 2. The van der Waals surface area contributed by atoms with Crippen molar-refractivity contribution in [2.45, 2.75) is 38.0 Å². The van der Waals surface area contributed by atoms with Crippen LogP contribution in [-0.4, -0.2) is 18.1 Å². The summed E-state index contributed by atoms with van der Waals surface area (Å²) in [5, 5.41) is 4.21. The van der Waals surface area contributed by atoms with Crippen LogP contribution in [0, 0.1) is 5.92 Å². The van der Waals surface area contributed by atoms with Crippen LogP contribution in [0.15, 0.2) is 24.3 Å². The molecule has 0 aromatic heterocycles. The van der Waals surface area contributed by atoms with Gasteiger partial charge in [0.15, 0.2) is 0 Å². The predicted octanol–water partition coefficient (Wildman–Crippen LogP) is 3.65. The second-order valence-electron chi connectivity index (χ2n) is 5.05. The molecule has 94 valence electrons. The van der Waals surface area contributed by atoms with Crippen LogP contribution in [0.3, 0.4) is 0 Å². The summed E-state index contributed by atoms with van der Waals surface area (Å²) in [5.74, 6) is 2.12. The zero-order valence-electron chi connectivity index (χ0n) is 11.1. The number of rotatable bonds is 5. The topological polar surface area (TPSA) is 12.0 Å². The molecule has 1 N–H and O–H groups in total. The summed E-state index contributed by atoms with van der Waals surface area (Å²) in [4.78, 5) is 0. The summed E-state index contributed by atoms with van der Waals surface area (Å²) in [6, 6.07) is 9.42. The Labute approximate surface area is 109 Å². The lowest BCUT2D eigenvalue weighted by molar-refractivity contribution is 0.595. The maximum absolute atomic E-state index is 3.49. The molecule has 0 radical (unpaired) electrons. The normalized spacial score (nSPS) is 24.6. The number of fused-ring (bicyclic) bond motifs is 1. The molecule has 17 heavy (non-hydrogen) atoms. The molecule has 3 atom stereocenters. The highest BCUT2D eigenvalue weighted by atomic mass is 32.2. The van der Waals surface area contributed by atoms with Crippen molar-refractivity contribution in [1.29, 1.82) is 0 Å². The van der Waals surface area contributed by atoms with Gasteiger partial charge in [-0.1, -0.05) is 44.5 Å². The van der Waals surface area contributed by atoms with Crippen molar-refractivity contribution in [2.75, 3.05) is 12.8 Å². The average molecular weight is 249 g/mol. The summed E-state index contributed by atoms with van der Waals surface area (Å²) in [6.45, 7) is 4.63. The SMILES string of the molecule is CCC(C)CSC1Cc2ccccc2C1NC. The van der Waals surface area contributed by atoms with Crippen molar-refractivity contribution >= 4 is 11.8 Å². The van der Waals surface area contributed by atoms with E-state index in [1.165, 1.54) is 29.7 Å². The Kier molecular flexibility index (Phi) is 4.52. The largest absolute Gasteiger partial charge is 0.312 e. The van der Waals surface area contributed by atoms with Crippen molar-refractivity contribution in [1.82, 2.24) is 5.32 Å². The molecule has 3 unspecified atom stereocenters. The van der Waals surface area contributed by atoms with Crippen LogP contribution in [-0.2, 0) is 6.42 Å². The van der Waals surface area contributed by atoms with Gasteiger partial charge in [0.2, 0.25) is 0 Å². The van der Waals surface area contributed by atoms with E-state index >= 15 is 0 Å². The van der Waals surface area contributed by atoms with E-state index in [2.05, 4.69) is 62.2 Å². The first-order valence-corrected chi connectivity index (χ1v) is 7.67. The first-order valence-electron chi connectivity index (χ1n) is 6.63. The lowest BCUT2D eigenvalue weighted by Crippen LogP contribution is -2.24. The summed E-state index contributed by atoms with van der Waals surface area (Å²) >= 11 is 2.14. The van der Waals surface area contributed by atoms with Crippen molar-refractivity contribution in [3.05, 3.63) is 35.4 Å². The van der Waals surface area contributed by atoms with Crippen molar-refractivity contribution in [3.8, 4) is 0 Å². The lowest BCUT2D eigenvalue weighted by Gasteiger charge is -2.21. The Morgan fingerprint density at radius 3 is 2.88 bits per heavy atom. The highest BCUT2D eigenvalue weighted by Gasteiger charge is 2.31. The smallest absolute Gasteiger partial charge is 0.0444 e. The van der Waals surface area contributed by atoms with Gasteiger partial charge in [0.1, 0.15) is 0 Å². The van der Waals surface area contributed by atoms with Crippen LogP contribution < -0.4 is 5.32 Å². The predicted molar refractivity (Wildman–Crippen MR) is 77.6 cm³/mol.